The van der Waals surface area contributed by atoms with Crippen LogP contribution in [0.25, 0.3) is 0 Å². The van der Waals surface area contributed by atoms with Gasteiger partial charge in [0.2, 0.25) is 0 Å². The van der Waals surface area contributed by atoms with Crippen molar-refractivity contribution in [3.8, 4) is 0 Å². The second kappa shape index (κ2) is 4.20. The Kier molecular flexibility index (Phi) is 3.21. The molecule has 1 aromatic heterocycles. The fraction of sp³-hybridized carbons (Fsp3) is 0.571. The van der Waals surface area contributed by atoms with Crippen LogP contribution in [0.3, 0.4) is 0 Å². The molecule has 1 aromatic rings. The van der Waals surface area contributed by atoms with E-state index < -0.39 is 12.2 Å². The summed E-state index contributed by atoms with van der Waals surface area (Å²) in [5.41, 5.74) is 0. The number of hydrogen-bond acceptors (Lipinski definition) is 4. The monoisotopic (exact) mass is 171 g/mol. The van der Waals surface area contributed by atoms with Crippen molar-refractivity contribution in [2.75, 3.05) is 13.6 Å². The van der Waals surface area contributed by atoms with Crippen LogP contribution in [-0.2, 0) is 0 Å². The largest absolute Gasteiger partial charge is 0.389 e. The third-order valence-corrected chi connectivity index (χ3v) is 1.58. The molecule has 0 amide bonds. The van der Waals surface area contributed by atoms with Crippen molar-refractivity contribution in [2.24, 2.45) is 0 Å². The van der Waals surface area contributed by atoms with Crippen molar-refractivity contribution in [1.82, 2.24) is 15.3 Å². The molecule has 1 rings (SSSR count). The number of hydrogen-bond donors (Lipinski definition) is 4. The van der Waals surface area contributed by atoms with Gasteiger partial charge < -0.3 is 20.5 Å². The van der Waals surface area contributed by atoms with Gasteiger partial charge in [-0.3, -0.25) is 0 Å². The summed E-state index contributed by atoms with van der Waals surface area (Å²) in [5.74, 6) is 0.387. The first kappa shape index (κ1) is 9.18. The Labute approximate surface area is 70.5 Å². The molecular weight excluding hydrogens is 158 g/mol. The minimum Gasteiger partial charge on any atom is -0.389 e. The first-order valence-corrected chi connectivity index (χ1v) is 3.75. The van der Waals surface area contributed by atoms with E-state index in [2.05, 4.69) is 15.3 Å². The normalized spacial score (nSPS) is 15.9. The molecule has 5 heteroatoms. The van der Waals surface area contributed by atoms with Crippen molar-refractivity contribution in [3.05, 3.63) is 18.2 Å². The van der Waals surface area contributed by atoms with Gasteiger partial charge in [-0.15, -0.1) is 0 Å². The first-order chi connectivity index (χ1) is 5.75. The molecule has 5 nitrogen and oxygen atoms in total. The first-order valence-electron chi connectivity index (χ1n) is 3.75. The Morgan fingerprint density at radius 2 is 2.42 bits per heavy atom. The van der Waals surface area contributed by atoms with Crippen molar-refractivity contribution >= 4 is 0 Å². The van der Waals surface area contributed by atoms with Crippen LogP contribution in [0.15, 0.2) is 12.4 Å². The molecule has 0 saturated heterocycles. The molecule has 0 aliphatic carbocycles. The van der Waals surface area contributed by atoms with Gasteiger partial charge in [-0.1, -0.05) is 0 Å². The maximum absolute atomic E-state index is 9.43. The highest BCUT2D eigenvalue weighted by atomic mass is 16.3. The summed E-state index contributed by atoms with van der Waals surface area (Å²) in [6, 6.07) is 0. The van der Waals surface area contributed by atoms with Gasteiger partial charge in [0.25, 0.3) is 0 Å². The van der Waals surface area contributed by atoms with Gasteiger partial charge >= 0.3 is 0 Å². The van der Waals surface area contributed by atoms with E-state index in [0.29, 0.717) is 12.4 Å². The number of aromatic nitrogens is 2. The standard InChI is InChI=1S/C7H13N3O2/c1-8-4-5(11)6(12)7-9-2-3-10-7/h2-3,5-6,8,11-12H,4H2,1H3,(H,9,10). The van der Waals surface area contributed by atoms with Crippen LogP contribution < -0.4 is 5.32 Å². The van der Waals surface area contributed by atoms with Gasteiger partial charge in [0, 0.05) is 18.9 Å². The maximum atomic E-state index is 9.43. The molecule has 2 atom stereocenters. The average Bonchev–Trinajstić information content (AvgIpc) is 2.55. The van der Waals surface area contributed by atoms with E-state index in [4.69, 9.17) is 0 Å². The third kappa shape index (κ3) is 2.04. The Morgan fingerprint density at radius 3 is 2.92 bits per heavy atom. The van der Waals surface area contributed by atoms with Crippen molar-refractivity contribution in [1.29, 1.82) is 0 Å². The zero-order valence-corrected chi connectivity index (χ0v) is 6.86. The van der Waals surface area contributed by atoms with Gasteiger partial charge in [0.15, 0.2) is 0 Å². The Morgan fingerprint density at radius 1 is 1.67 bits per heavy atom. The number of aliphatic hydroxyl groups excluding tert-OH is 2. The van der Waals surface area contributed by atoms with Crippen LogP contribution in [0.4, 0.5) is 0 Å². The molecule has 0 aliphatic heterocycles. The van der Waals surface area contributed by atoms with E-state index in [-0.39, 0.29) is 0 Å². The van der Waals surface area contributed by atoms with E-state index >= 15 is 0 Å². The summed E-state index contributed by atoms with van der Waals surface area (Å²) in [7, 11) is 1.71. The summed E-state index contributed by atoms with van der Waals surface area (Å²) >= 11 is 0. The topological polar surface area (TPSA) is 81.2 Å². The maximum Gasteiger partial charge on any atom is 0.139 e. The lowest BCUT2D eigenvalue weighted by Gasteiger charge is -2.14. The highest BCUT2D eigenvalue weighted by molar-refractivity contribution is 4.94. The fourth-order valence-electron chi connectivity index (χ4n) is 0.942. The molecule has 1 heterocycles. The van der Waals surface area contributed by atoms with Crippen LogP contribution >= 0.6 is 0 Å². The Balaban J connectivity index is 2.53. The predicted octanol–water partition coefficient (Wildman–Crippen LogP) is -0.977. The number of nitrogens with one attached hydrogen (secondary N) is 2. The van der Waals surface area contributed by atoms with Crippen LogP contribution in [0.1, 0.15) is 11.9 Å². The molecule has 12 heavy (non-hydrogen) atoms. The molecule has 0 saturated carbocycles. The van der Waals surface area contributed by atoms with Crippen molar-refractivity contribution in [3.63, 3.8) is 0 Å². The van der Waals surface area contributed by atoms with E-state index in [0.717, 1.165) is 0 Å². The summed E-state index contributed by atoms with van der Waals surface area (Å²) in [6.45, 7) is 0.335. The minimum absolute atomic E-state index is 0.335. The van der Waals surface area contributed by atoms with Crippen LogP contribution in [0, 0.1) is 0 Å². The molecule has 0 spiro atoms. The average molecular weight is 171 g/mol. The number of H-pyrrole nitrogens is 1. The molecule has 0 radical (unpaired) electrons. The number of likely N-dealkylation sites (N-methyl/N-ethyl adjacent to an activating group) is 1. The summed E-state index contributed by atoms with van der Waals surface area (Å²) in [4.78, 5) is 6.55. The third-order valence-electron chi connectivity index (χ3n) is 1.58. The predicted molar refractivity (Wildman–Crippen MR) is 43.5 cm³/mol. The second-order valence-electron chi connectivity index (χ2n) is 2.54. The number of aromatic amines is 1. The quantitative estimate of drug-likeness (QED) is 0.469. The van der Waals surface area contributed by atoms with Gasteiger partial charge in [0.1, 0.15) is 11.9 Å². The lowest BCUT2D eigenvalue weighted by molar-refractivity contribution is 0.0154. The second-order valence-corrected chi connectivity index (χ2v) is 2.54. The van der Waals surface area contributed by atoms with E-state index in [9.17, 15) is 10.2 Å². The van der Waals surface area contributed by atoms with Crippen molar-refractivity contribution in [2.45, 2.75) is 12.2 Å². The molecule has 0 fully saturated rings. The molecule has 2 unspecified atom stereocenters. The zero-order chi connectivity index (χ0) is 8.97. The zero-order valence-electron chi connectivity index (χ0n) is 6.86. The molecule has 0 bridgehead atoms. The number of nitrogens with zero attached hydrogens (tertiary/aromatic N) is 1. The summed E-state index contributed by atoms with van der Waals surface area (Å²) in [5, 5.41) is 21.5. The molecule has 0 aliphatic rings. The molecule has 0 aromatic carbocycles. The lowest BCUT2D eigenvalue weighted by atomic mass is 10.2. The molecule has 4 N–H and O–H groups in total. The van der Waals surface area contributed by atoms with E-state index in [1.807, 2.05) is 0 Å². The van der Waals surface area contributed by atoms with Gasteiger partial charge in [-0.25, -0.2) is 4.98 Å². The highest BCUT2D eigenvalue weighted by Gasteiger charge is 2.18. The Bertz CT molecular complexity index is 212. The van der Waals surface area contributed by atoms with Gasteiger partial charge in [-0.05, 0) is 7.05 Å². The van der Waals surface area contributed by atoms with Crippen LogP contribution in [0.2, 0.25) is 0 Å². The number of imidazole rings is 1. The van der Waals surface area contributed by atoms with Crippen molar-refractivity contribution < 1.29 is 10.2 Å². The van der Waals surface area contributed by atoms with E-state index in [1.54, 1.807) is 13.2 Å². The summed E-state index contributed by atoms with van der Waals surface area (Å²) < 4.78 is 0. The lowest BCUT2D eigenvalue weighted by Crippen LogP contribution is -2.30. The number of aliphatic hydroxyl groups is 2. The molecular formula is C7H13N3O2. The smallest absolute Gasteiger partial charge is 0.139 e. The highest BCUT2D eigenvalue weighted by Crippen LogP contribution is 2.10. The van der Waals surface area contributed by atoms with E-state index in [1.165, 1.54) is 6.20 Å². The summed E-state index contributed by atoms with van der Waals surface area (Å²) in [6.07, 6.45) is 1.35. The minimum atomic E-state index is -0.951. The van der Waals surface area contributed by atoms with Crippen LogP contribution in [0.5, 0.6) is 0 Å². The van der Waals surface area contributed by atoms with Gasteiger partial charge in [0.05, 0.1) is 6.10 Å². The SMILES string of the molecule is CNCC(O)C(O)c1ncc[nH]1. The fourth-order valence-corrected chi connectivity index (χ4v) is 0.942. The molecule has 68 valence electrons. The van der Waals surface area contributed by atoms with Gasteiger partial charge in [-0.2, -0.15) is 0 Å². The van der Waals surface area contributed by atoms with Crippen LogP contribution in [-0.4, -0.2) is 39.9 Å². The number of rotatable bonds is 4. The Hall–Kier alpha value is -0.910.